The van der Waals surface area contributed by atoms with Crippen molar-refractivity contribution < 1.29 is 19.5 Å². The van der Waals surface area contributed by atoms with Crippen molar-refractivity contribution in [3.05, 3.63) is 0 Å². The number of carboxylic acid groups (broad SMARTS) is 1. The number of hydroxylamine groups is 2. The molecule has 21 heavy (non-hydrogen) atoms. The Labute approximate surface area is 127 Å². The fourth-order valence-corrected chi connectivity index (χ4v) is 2.84. The molecule has 0 aromatic heterocycles. The van der Waals surface area contributed by atoms with Gasteiger partial charge in [-0.3, -0.25) is 9.63 Å². The van der Waals surface area contributed by atoms with Crippen LogP contribution in [0, 0.1) is 11.8 Å². The van der Waals surface area contributed by atoms with E-state index in [9.17, 15) is 14.7 Å². The first-order valence-electron chi connectivity index (χ1n) is 7.49. The number of hydrogen-bond donors (Lipinski definition) is 1. The van der Waals surface area contributed by atoms with Crippen LogP contribution in [0.4, 0.5) is 4.79 Å². The molecule has 0 aliphatic heterocycles. The highest BCUT2D eigenvalue weighted by molar-refractivity contribution is 5.77. The first-order valence-corrected chi connectivity index (χ1v) is 7.49. The van der Waals surface area contributed by atoms with Gasteiger partial charge in [-0.1, -0.05) is 0 Å². The zero-order valence-electron chi connectivity index (χ0n) is 13.8. The van der Waals surface area contributed by atoms with Crippen molar-refractivity contribution >= 4 is 12.0 Å². The summed E-state index contributed by atoms with van der Waals surface area (Å²) in [5.74, 6) is 0.346. The van der Waals surface area contributed by atoms with Gasteiger partial charge in [-0.2, -0.15) is 0 Å². The van der Waals surface area contributed by atoms with E-state index in [0.717, 1.165) is 25.7 Å². The van der Waals surface area contributed by atoms with Gasteiger partial charge in [0.1, 0.15) is 0 Å². The number of carbonyl (C=O) groups is 2. The van der Waals surface area contributed by atoms with Gasteiger partial charge in [0, 0.05) is 25.0 Å². The number of rotatable bonds is 4. The fourth-order valence-electron chi connectivity index (χ4n) is 2.84. The number of amides is 2. The Kier molecular flexibility index (Phi) is 6.01. The second kappa shape index (κ2) is 7.11. The fraction of sp³-hybridized carbons (Fsp3) is 0.867. The van der Waals surface area contributed by atoms with Gasteiger partial charge in [0.2, 0.25) is 5.91 Å². The summed E-state index contributed by atoms with van der Waals surface area (Å²) < 4.78 is 0. The lowest BCUT2D eigenvalue weighted by Crippen LogP contribution is -2.48. The maximum atomic E-state index is 12.0. The minimum absolute atomic E-state index is 0.000820. The Balaban J connectivity index is 2.53. The number of hydrogen-bond acceptors (Lipinski definition) is 3. The van der Waals surface area contributed by atoms with Crippen molar-refractivity contribution in [1.82, 2.24) is 9.96 Å². The molecule has 0 saturated heterocycles. The van der Waals surface area contributed by atoms with E-state index >= 15 is 0 Å². The Morgan fingerprint density at radius 3 is 2.10 bits per heavy atom. The first-order chi connectivity index (χ1) is 9.66. The zero-order chi connectivity index (χ0) is 16.2. The summed E-state index contributed by atoms with van der Waals surface area (Å²) in [5.41, 5.74) is -0.394. The molecular formula is C15H28N2O4. The minimum atomic E-state index is -0.875. The third-order valence-corrected chi connectivity index (χ3v) is 4.26. The topological polar surface area (TPSA) is 70.1 Å². The standard InChI is InChI=1S/C15H28N2O4/c1-15(2,3)17(14(19)20)10-11-6-8-12(9-7-11)13(18)16(4)21-5/h11-12H,6-10H2,1-5H3,(H,19,20)/t11-,12+. The maximum Gasteiger partial charge on any atom is 0.407 e. The lowest BCUT2D eigenvalue weighted by Gasteiger charge is -2.38. The molecule has 6 nitrogen and oxygen atoms in total. The highest BCUT2D eigenvalue weighted by atomic mass is 16.7. The van der Waals surface area contributed by atoms with Crippen LogP contribution in [0.15, 0.2) is 0 Å². The number of nitrogens with zero attached hydrogens (tertiary/aromatic N) is 2. The molecule has 1 rings (SSSR count). The smallest absolute Gasteiger partial charge is 0.407 e. The normalized spacial score (nSPS) is 22.7. The molecule has 0 radical (unpaired) electrons. The quantitative estimate of drug-likeness (QED) is 0.810. The van der Waals surface area contributed by atoms with E-state index in [1.54, 1.807) is 7.05 Å². The predicted molar refractivity (Wildman–Crippen MR) is 79.7 cm³/mol. The monoisotopic (exact) mass is 300 g/mol. The van der Waals surface area contributed by atoms with Gasteiger partial charge in [-0.15, -0.1) is 0 Å². The SMILES string of the molecule is CON(C)C(=O)[C@H]1CC[C@@H](CN(C(=O)O)C(C)(C)C)CC1. The lowest BCUT2D eigenvalue weighted by molar-refractivity contribution is -0.174. The van der Waals surface area contributed by atoms with Gasteiger partial charge in [-0.05, 0) is 52.4 Å². The highest BCUT2D eigenvalue weighted by Crippen LogP contribution is 2.31. The molecule has 0 heterocycles. The first kappa shape index (κ1) is 17.8. The van der Waals surface area contributed by atoms with Crippen LogP contribution in [0.1, 0.15) is 46.5 Å². The Morgan fingerprint density at radius 1 is 1.19 bits per heavy atom. The summed E-state index contributed by atoms with van der Waals surface area (Å²) in [6, 6.07) is 0. The van der Waals surface area contributed by atoms with Crippen LogP contribution < -0.4 is 0 Å². The van der Waals surface area contributed by atoms with Crippen LogP contribution >= 0.6 is 0 Å². The second-order valence-electron chi connectivity index (χ2n) is 6.80. The summed E-state index contributed by atoms with van der Waals surface area (Å²) >= 11 is 0. The van der Waals surface area contributed by atoms with Gasteiger partial charge in [-0.25, -0.2) is 9.86 Å². The maximum absolute atomic E-state index is 12.0. The highest BCUT2D eigenvalue weighted by Gasteiger charge is 2.33. The van der Waals surface area contributed by atoms with Gasteiger partial charge >= 0.3 is 6.09 Å². The Bertz CT molecular complexity index is 370. The van der Waals surface area contributed by atoms with Crippen molar-refractivity contribution in [2.75, 3.05) is 20.7 Å². The third kappa shape index (κ3) is 4.88. The van der Waals surface area contributed by atoms with E-state index in [0.29, 0.717) is 12.5 Å². The van der Waals surface area contributed by atoms with E-state index in [-0.39, 0.29) is 11.8 Å². The van der Waals surface area contributed by atoms with E-state index in [2.05, 4.69) is 0 Å². The summed E-state index contributed by atoms with van der Waals surface area (Å²) in [5, 5.41) is 10.6. The summed E-state index contributed by atoms with van der Waals surface area (Å²) in [6.07, 6.45) is 2.49. The van der Waals surface area contributed by atoms with Gasteiger partial charge in [0.25, 0.3) is 0 Å². The molecule has 122 valence electrons. The third-order valence-electron chi connectivity index (χ3n) is 4.26. The molecular weight excluding hydrogens is 272 g/mol. The van der Waals surface area contributed by atoms with Gasteiger partial charge in [0.05, 0.1) is 7.11 Å². The molecule has 1 fully saturated rings. The zero-order valence-corrected chi connectivity index (χ0v) is 13.8. The van der Waals surface area contributed by atoms with Crippen molar-refractivity contribution in [3.8, 4) is 0 Å². The molecule has 1 N–H and O–H groups in total. The van der Waals surface area contributed by atoms with Gasteiger partial charge < -0.3 is 10.0 Å². The molecule has 0 spiro atoms. The predicted octanol–water partition coefficient (Wildman–Crippen LogP) is 2.59. The van der Waals surface area contributed by atoms with Gasteiger partial charge in [0.15, 0.2) is 0 Å². The van der Waals surface area contributed by atoms with Crippen LogP contribution in [-0.2, 0) is 9.63 Å². The van der Waals surface area contributed by atoms with Crippen molar-refractivity contribution in [1.29, 1.82) is 0 Å². The second-order valence-corrected chi connectivity index (χ2v) is 6.80. The summed E-state index contributed by atoms with van der Waals surface area (Å²) in [4.78, 5) is 29.8. The summed E-state index contributed by atoms with van der Waals surface area (Å²) in [7, 11) is 3.11. The van der Waals surface area contributed by atoms with Crippen LogP contribution in [0.25, 0.3) is 0 Å². The summed E-state index contributed by atoms with van der Waals surface area (Å²) in [6.45, 7) is 6.26. The van der Waals surface area contributed by atoms with Crippen molar-refractivity contribution in [2.24, 2.45) is 11.8 Å². The largest absolute Gasteiger partial charge is 0.465 e. The van der Waals surface area contributed by atoms with Crippen LogP contribution in [0.3, 0.4) is 0 Å². The molecule has 6 heteroatoms. The van der Waals surface area contributed by atoms with Crippen molar-refractivity contribution in [2.45, 2.75) is 52.0 Å². The van der Waals surface area contributed by atoms with Crippen LogP contribution in [-0.4, -0.2) is 53.3 Å². The molecule has 1 aliphatic carbocycles. The van der Waals surface area contributed by atoms with E-state index < -0.39 is 11.6 Å². The Morgan fingerprint density at radius 2 is 1.71 bits per heavy atom. The van der Waals surface area contributed by atoms with E-state index in [1.807, 2.05) is 20.8 Å². The molecule has 0 unspecified atom stereocenters. The molecule has 1 aliphatic rings. The molecule has 0 atom stereocenters. The molecule has 0 bridgehead atoms. The average Bonchev–Trinajstić information content (AvgIpc) is 2.42. The number of carbonyl (C=O) groups excluding carboxylic acids is 1. The van der Waals surface area contributed by atoms with E-state index in [4.69, 9.17) is 4.84 Å². The molecule has 2 amide bonds. The van der Waals surface area contributed by atoms with Crippen LogP contribution in [0.5, 0.6) is 0 Å². The average molecular weight is 300 g/mol. The van der Waals surface area contributed by atoms with Crippen molar-refractivity contribution in [3.63, 3.8) is 0 Å². The molecule has 0 aromatic carbocycles. The molecule has 1 saturated carbocycles. The minimum Gasteiger partial charge on any atom is -0.465 e. The van der Waals surface area contributed by atoms with Crippen LogP contribution in [0.2, 0.25) is 0 Å². The Hall–Kier alpha value is -1.30. The molecule has 0 aromatic rings. The van der Waals surface area contributed by atoms with E-state index in [1.165, 1.54) is 17.1 Å². The lowest BCUT2D eigenvalue weighted by atomic mass is 9.81.